The van der Waals surface area contributed by atoms with Crippen molar-refractivity contribution in [3.05, 3.63) is 10.9 Å². The maximum absolute atomic E-state index is 9.35. The van der Waals surface area contributed by atoms with Crippen molar-refractivity contribution in [1.29, 1.82) is 0 Å². The van der Waals surface area contributed by atoms with Crippen molar-refractivity contribution in [2.24, 2.45) is 0 Å². The second kappa shape index (κ2) is 3.69. The van der Waals surface area contributed by atoms with Gasteiger partial charge in [-0.25, -0.2) is 0 Å². The van der Waals surface area contributed by atoms with Crippen LogP contribution in [-0.2, 0) is 0 Å². The monoisotopic (exact) mass is 173 g/mol. The van der Waals surface area contributed by atoms with E-state index in [1.54, 1.807) is 13.2 Å². The average Bonchev–Trinajstić information content (AvgIpc) is 2.50. The largest absolute Gasteiger partial charge is 0.480 e. The van der Waals surface area contributed by atoms with Crippen LogP contribution >= 0.6 is 11.5 Å². The Morgan fingerprint density at radius 3 is 3.00 bits per heavy atom. The molecule has 1 aromatic rings. The number of methoxy groups -OCH3 is 1. The topological polar surface area (TPSA) is 42.4 Å². The molecule has 0 fully saturated rings. The molecule has 0 aromatic carbocycles. The molecule has 1 heterocycles. The highest BCUT2D eigenvalue weighted by Crippen LogP contribution is 2.24. The van der Waals surface area contributed by atoms with Gasteiger partial charge >= 0.3 is 0 Å². The van der Waals surface area contributed by atoms with Crippen LogP contribution in [-0.4, -0.2) is 16.6 Å². The molecule has 1 atom stereocenters. The molecule has 0 radical (unpaired) electrons. The number of rotatable bonds is 3. The Bertz CT molecular complexity index is 224. The van der Waals surface area contributed by atoms with Gasteiger partial charge in [-0.2, -0.15) is 4.37 Å². The lowest BCUT2D eigenvalue weighted by Crippen LogP contribution is -1.90. The Kier molecular flexibility index (Phi) is 2.84. The first kappa shape index (κ1) is 8.49. The molecular formula is C7H11NO2S. The summed E-state index contributed by atoms with van der Waals surface area (Å²) in [6.07, 6.45) is 0.321. The molecule has 0 amide bonds. The SMILES string of the molecule is CC[C@@H](O)c1cc(OC)ns1. The minimum atomic E-state index is -0.392. The zero-order valence-electron chi connectivity index (χ0n) is 6.57. The molecule has 0 aliphatic heterocycles. The summed E-state index contributed by atoms with van der Waals surface area (Å²) in [5, 5.41) is 9.35. The smallest absolute Gasteiger partial charge is 0.225 e. The molecule has 4 heteroatoms. The van der Waals surface area contributed by atoms with Gasteiger partial charge in [0.05, 0.1) is 18.1 Å². The number of aliphatic hydroxyl groups excluding tert-OH is 1. The number of hydrogen-bond donors (Lipinski definition) is 1. The van der Waals surface area contributed by atoms with Crippen molar-refractivity contribution in [2.45, 2.75) is 19.4 Å². The average molecular weight is 173 g/mol. The van der Waals surface area contributed by atoms with Gasteiger partial charge in [0, 0.05) is 6.07 Å². The van der Waals surface area contributed by atoms with Gasteiger partial charge in [0.25, 0.3) is 0 Å². The second-order valence-corrected chi connectivity index (χ2v) is 3.03. The first-order valence-electron chi connectivity index (χ1n) is 3.46. The van der Waals surface area contributed by atoms with Gasteiger partial charge in [-0.15, -0.1) is 0 Å². The van der Waals surface area contributed by atoms with Crippen molar-refractivity contribution >= 4 is 11.5 Å². The zero-order valence-corrected chi connectivity index (χ0v) is 7.39. The van der Waals surface area contributed by atoms with Crippen LogP contribution in [0.25, 0.3) is 0 Å². The number of nitrogens with zero attached hydrogens (tertiary/aromatic N) is 1. The molecule has 1 aromatic heterocycles. The van der Waals surface area contributed by atoms with Gasteiger partial charge in [-0.3, -0.25) is 0 Å². The van der Waals surface area contributed by atoms with E-state index >= 15 is 0 Å². The fraction of sp³-hybridized carbons (Fsp3) is 0.571. The van der Waals surface area contributed by atoms with Crippen LogP contribution < -0.4 is 4.74 Å². The van der Waals surface area contributed by atoms with E-state index in [1.807, 2.05) is 6.92 Å². The van der Waals surface area contributed by atoms with Crippen molar-refractivity contribution < 1.29 is 9.84 Å². The Morgan fingerprint density at radius 2 is 2.55 bits per heavy atom. The quantitative estimate of drug-likeness (QED) is 0.754. The molecule has 1 N–H and O–H groups in total. The van der Waals surface area contributed by atoms with Crippen LogP contribution in [0.5, 0.6) is 5.88 Å². The predicted octanol–water partition coefficient (Wildman–Crippen LogP) is 1.60. The molecule has 0 spiro atoms. The van der Waals surface area contributed by atoms with E-state index in [0.717, 1.165) is 4.88 Å². The van der Waals surface area contributed by atoms with Gasteiger partial charge in [0.15, 0.2) is 0 Å². The molecule has 0 bridgehead atoms. The van der Waals surface area contributed by atoms with Gasteiger partial charge < -0.3 is 9.84 Å². The van der Waals surface area contributed by atoms with Crippen molar-refractivity contribution in [2.75, 3.05) is 7.11 Å². The Balaban J connectivity index is 2.71. The molecule has 0 saturated carbocycles. The molecular weight excluding hydrogens is 162 g/mol. The van der Waals surface area contributed by atoms with E-state index in [4.69, 9.17) is 4.74 Å². The van der Waals surface area contributed by atoms with Crippen molar-refractivity contribution in [3.8, 4) is 5.88 Å². The van der Waals surface area contributed by atoms with E-state index in [1.165, 1.54) is 11.5 Å². The van der Waals surface area contributed by atoms with E-state index in [0.29, 0.717) is 12.3 Å². The number of hydrogen-bond acceptors (Lipinski definition) is 4. The van der Waals surface area contributed by atoms with Crippen molar-refractivity contribution in [1.82, 2.24) is 4.37 Å². The molecule has 0 aliphatic carbocycles. The number of aromatic nitrogens is 1. The highest BCUT2D eigenvalue weighted by molar-refractivity contribution is 7.06. The fourth-order valence-electron chi connectivity index (χ4n) is 0.727. The summed E-state index contributed by atoms with van der Waals surface area (Å²) >= 11 is 1.28. The summed E-state index contributed by atoms with van der Waals surface area (Å²) in [4.78, 5) is 0.865. The Labute approximate surface area is 69.8 Å². The second-order valence-electron chi connectivity index (χ2n) is 2.20. The summed E-state index contributed by atoms with van der Waals surface area (Å²) in [6, 6.07) is 1.76. The number of aliphatic hydroxyl groups is 1. The van der Waals surface area contributed by atoms with Gasteiger partial charge in [0.2, 0.25) is 5.88 Å². The molecule has 1 rings (SSSR count). The predicted molar refractivity (Wildman–Crippen MR) is 43.9 cm³/mol. The molecule has 11 heavy (non-hydrogen) atoms. The Morgan fingerprint density at radius 1 is 1.82 bits per heavy atom. The van der Waals surface area contributed by atoms with Crippen LogP contribution in [0.1, 0.15) is 24.3 Å². The lowest BCUT2D eigenvalue weighted by atomic mass is 10.2. The minimum absolute atomic E-state index is 0.392. The third-order valence-corrected chi connectivity index (χ3v) is 2.30. The number of ether oxygens (including phenoxy) is 1. The summed E-state index contributed by atoms with van der Waals surface area (Å²) in [7, 11) is 1.57. The summed E-state index contributed by atoms with van der Waals surface area (Å²) in [6.45, 7) is 1.93. The first-order valence-corrected chi connectivity index (χ1v) is 4.24. The van der Waals surface area contributed by atoms with E-state index in [2.05, 4.69) is 4.37 Å². The zero-order chi connectivity index (χ0) is 8.27. The van der Waals surface area contributed by atoms with Crippen LogP contribution in [0.3, 0.4) is 0 Å². The standard InChI is InChI=1S/C7H11NO2S/c1-3-5(9)6-4-7(10-2)8-11-6/h4-5,9H,3H2,1-2H3/t5-/m1/s1. The highest BCUT2D eigenvalue weighted by atomic mass is 32.1. The maximum Gasteiger partial charge on any atom is 0.225 e. The van der Waals surface area contributed by atoms with Gasteiger partial charge in [0.1, 0.15) is 0 Å². The van der Waals surface area contributed by atoms with Gasteiger partial charge in [-0.05, 0) is 18.0 Å². The normalized spacial score (nSPS) is 13.0. The van der Waals surface area contributed by atoms with E-state index < -0.39 is 6.10 Å². The third kappa shape index (κ3) is 1.91. The van der Waals surface area contributed by atoms with Crippen LogP contribution in [0.15, 0.2) is 6.07 Å². The molecule has 0 unspecified atom stereocenters. The summed E-state index contributed by atoms with van der Waals surface area (Å²) < 4.78 is 8.84. The van der Waals surface area contributed by atoms with Crippen LogP contribution in [0, 0.1) is 0 Å². The first-order chi connectivity index (χ1) is 5.27. The minimum Gasteiger partial charge on any atom is -0.480 e. The third-order valence-electron chi connectivity index (χ3n) is 1.43. The van der Waals surface area contributed by atoms with E-state index in [-0.39, 0.29) is 0 Å². The molecule has 0 aliphatic rings. The highest BCUT2D eigenvalue weighted by Gasteiger charge is 2.08. The summed E-state index contributed by atoms with van der Waals surface area (Å²) in [5.74, 6) is 0.581. The lowest BCUT2D eigenvalue weighted by molar-refractivity contribution is 0.177. The van der Waals surface area contributed by atoms with E-state index in [9.17, 15) is 5.11 Å². The van der Waals surface area contributed by atoms with Gasteiger partial charge in [-0.1, -0.05) is 6.92 Å². The molecule has 62 valence electrons. The van der Waals surface area contributed by atoms with Crippen LogP contribution in [0.2, 0.25) is 0 Å². The fourth-order valence-corrected chi connectivity index (χ4v) is 1.49. The Hall–Kier alpha value is -0.610. The maximum atomic E-state index is 9.35. The van der Waals surface area contributed by atoms with Crippen molar-refractivity contribution in [3.63, 3.8) is 0 Å². The van der Waals surface area contributed by atoms with Crippen LogP contribution in [0.4, 0.5) is 0 Å². The molecule has 3 nitrogen and oxygen atoms in total. The molecule has 0 saturated heterocycles. The summed E-state index contributed by atoms with van der Waals surface area (Å²) in [5.41, 5.74) is 0. The lowest BCUT2D eigenvalue weighted by Gasteiger charge is -2.00.